The van der Waals surface area contributed by atoms with Gasteiger partial charge in [-0.05, 0) is 49.4 Å². The second-order valence-electron chi connectivity index (χ2n) is 4.50. The normalized spacial score (nSPS) is 11.6. The third kappa shape index (κ3) is 2.22. The molecule has 0 unspecified atom stereocenters. The molecule has 90 valence electrons. The van der Waals surface area contributed by atoms with Gasteiger partial charge in [0, 0.05) is 5.54 Å². The van der Waals surface area contributed by atoms with Gasteiger partial charge in [-0.15, -0.1) is 0 Å². The van der Waals surface area contributed by atoms with Crippen LogP contribution in [0, 0.1) is 13.8 Å². The number of nitrogens with two attached hydrogens (primary N) is 1. The lowest BCUT2D eigenvalue weighted by Gasteiger charge is -2.30. The summed E-state index contributed by atoms with van der Waals surface area (Å²) in [7, 11) is 1.71. The predicted molar refractivity (Wildman–Crippen MR) is 68.9 cm³/mol. The molecule has 0 heterocycles. The SMILES string of the molecule is CCC(N)(CC)c1cc(C)c(OC)cc1C. The molecule has 0 aliphatic heterocycles. The number of aryl methyl sites for hydroxylation is 2. The summed E-state index contributed by atoms with van der Waals surface area (Å²) in [4.78, 5) is 0. The highest BCUT2D eigenvalue weighted by molar-refractivity contribution is 5.44. The van der Waals surface area contributed by atoms with Crippen molar-refractivity contribution < 1.29 is 4.74 Å². The van der Waals surface area contributed by atoms with Crippen LogP contribution in [0.4, 0.5) is 0 Å². The van der Waals surface area contributed by atoms with Crippen LogP contribution >= 0.6 is 0 Å². The van der Waals surface area contributed by atoms with Crippen molar-refractivity contribution in [2.75, 3.05) is 7.11 Å². The molecule has 0 saturated heterocycles. The van der Waals surface area contributed by atoms with E-state index in [1.54, 1.807) is 7.11 Å². The highest BCUT2D eigenvalue weighted by Gasteiger charge is 2.25. The number of benzene rings is 1. The molecule has 0 bridgehead atoms. The van der Waals surface area contributed by atoms with Crippen LogP contribution in [0.3, 0.4) is 0 Å². The van der Waals surface area contributed by atoms with E-state index in [1.807, 2.05) is 0 Å². The average Bonchev–Trinajstić information content (AvgIpc) is 2.30. The first-order valence-corrected chi connectivity index (χ1v) is 5.93. The Morgan fingerprint density at radius 3 is 2.12 bits per heavy atom. The fourth-order valence-electron chi connectivity index (χ4n) is 2.18. The Bertz CT molecular complexity index is 367. The van der Waals surface area contributed by atoms with E-state index in [1.165, 1.54) is 11.1 Å². The minimum absolute atomic E-state index is 0.207. The molecule has 0 saturated carbocycles. The van der Waals surface area contributed by atoms with Crippen LogP contribution in [0.25, 0.3) is 0 Å². The van der Waals surface area contributed by atoms with E-state index in [-0.39, 0.29) is 5.54 Å². The van der Waals surface area contributed by atoms with E-state index in [2.05, 4.69) is 39.8 Å². The van der Waals surface area contributed by atoms with Gasteiger partial charge in [0.05, 0.1) is 7.11 Å². The highest BCUT2D eigenvalue weighted by atomic mass is 16.5. The second-order valence-corrected chi connectivity index (χ2v) is 4.50. The highest BCUT2D eigenvalue weighted by Crippen LogP contribution is 2.32. The molecule has 0 spiro atoms. The van der Waals surface area contributed by atoms with Crippen LogP contribution in [-0.4, -0.2) is 7.11 Å². The van der Waals surface area contributed by atoms with Crippen molar-refractivity contribution in [2.24, 2.45) is 5.73 Å². The first kappa shape index (κ1) is 13.0. The standard InChI is InChI=1S/C14H23NO/c1-6-14(15,7-2)12-8-11(4)13(16-5)9-10(12)3/h8-9H,6-7,15H2,1-5H3. The van der Waals surface area contributed by atoms with E-state index in [0.29, 0.717) is 0 Å². The minimum Gasteiger partial charge on any atom is -0.496 e. The largest absolute Gasteiger partial charge is 0.496 e. The number of methoxy groups -OCH3 is 1. The first-order chi connectivity index (χ1) is 7.48. The molecule has 0 radical (unpaired) electrons. The predicted octanol–water partition coefficient (Wildman–Crippen LogP) is 3.29. The molecule has 0 aliphatic rings. The van der Waals surface area contributed by atoms with Crippen molar-refractivity contribution in [1.82, 2.24) is 0 Å². The Labute approximate surface area is 98.8 Å². The van der Waals surface area contributed by atoms with Gasteiger partial charge >= 0.3 is 0 Å². The van der Waals surface area contributed by atoms with Gasteiger partial charge in [0.2, 0.25) is 0 Å². The zero-order valence-electron chi connectivity index (χ0n) is 11.1. The summed E-state index contributed by atoms with van der Waals surface area (Å²) in [5, 5.41) is 0. The van der Waals surface area contributed by atoms with Gasteiger partial charge in [-0.1, -0.05) is 19.9 Å². The molecule has 0 fully saturated rings. The molecule has 1 aromatic rings. The number of ether oxygens (including phenoxy) is 1. The topological polar surface area (TPSA) is 35.2 Å². The molecule has 1 aromatic carbocycles. The smallest absolute Gasteiger partial charge is 0.122 e. The molecule has 0 aliphatic carbocycles. The Kier molecular flexibility index (Phi) is 3.98. The molecular formula is C14H23NO. The molecule has 0 aromatic heterocycles. The molecule has 16 heavy (non-hydrogen) atoms. The van der Waals surface area contributed by atoms with Gasteiger partial charge in [-0.25, -0.2) is 0 Å². The zero-order chi connectivity index (χ0) is 12.3. The molecule has 2 nitrogen and oxygen atoms in total. The van der Waals surface area contributed by atoms with Gasteiger partial charge in [0.15, 0.2) is 0 Å². The number of hydrogen-bond acceptors (Lipinski definition) is 2. The van der Waals surface area contributed by atoms with Crippen molar-refractivity contribution in [2.45, 2.75) is 46.1 Å². The van der Waals surface area contributed by atoms with E-state index < -0.39 is 0 Å². The molecular weight excluding hydrogens is 198 g/mol. The number of rotatable bonds is 4. The lowest BCUT2D eigenvalue weighted by atomic mass is 9.82. The van der Waals surface area contributed by atoms with Crippen LogP contribution in [0.15, 0.2) is 12.1 Å². The van der Waals surface area contributed by atoms with Gasteiger partial charge in [0.1, 0.15) is 5.75 Å². The van der Waals surface area contributed by atoms with E-state index in [4.69, 9.17) is 10.5 Å². The van der Waals surface area contributed by atoms with Crippen molar-refractivity contribution in [3.8, 4) is 5.75 Å². The summed E-state index contributed by atoms with van der Waals surface area (Å²) in [5.41, 5.74) is 9.85. The maximum atomic E-state index is 6.44. The maximum absolute atomic E-state index is 6.44. The van der Waals surface area contributed by atoms with Gasteiger partial charge < -0.3 is 10.5 Å². The van der Waals surface area contributed by atoms with Crippen molar-refractivity contribution in [3.05, 3.63) is 28.8 Å². The summed E-state index contributed by atoms with van der Waals surface area (Å²) >= 11 is 0. The van der Waals surface area contributed by atoms with Gasteiger partial charge in [0.25, 0.3) is 0 Å². The van der Waals surface area contributed by atoms with Crippen molar-refractivity contribution in [1.29, 1.82) is 0 Å². The van der Waals surface area contributed by atoms with Crippen LogP contribution in [0.2, 0.25) is 0 Å². The molecule has 0 atom stereocenters. The summed E-state index contributed by atoms with van der Waals surface area (Å²) < 4.78 is 5.32. The van der Waals surface area contributed by atoms with Gasteiger partial charge in [-0.2, -0.15) is 0 Å². The van der Waals surface area contributed by atoms with E-state index in [0.717, 1.165) is 24.2 Å². The Morgan fingerprint density at radius 2 is 1.69 bits per heavy atom. The van der Waals surface area contributed by atoms with Crippen LogP contribution in [0.5, 0.6) is 5.75 Å². The lowest BCUT2D eigenvalue weighted by molar-refractivity contribution is 0.400. The molecule has 1 rings (SSSR count). The summed E-state index contributed by atoms with van der Waals surface area (Å²) in [5.74, 6) is 0.941. The van der Waals surface area contributed by atoms with Crippen molar-refractivity contribution >= 4 is 0 Å². The summed E-state index contributed by atoms with van der Waals surface area (Å²) in [6.07, 6.45) is 1.91. The van der Waals surface area contributed by atoms with Crippen LogP contribution in [-0.2, 0) is 5.54 Å². The zero-order valence-corrected chi connectivity index (χ0v) is 11.1. The number of hydrogen-bond donors (Lipinski definition) is 1. The first-order valence-electron chi connectivity index (χ1n) is 5.93. The fraction of sp³-hybridized carbons (Fsp3) is 0.571. The molecule has 0 amide bonds. The van der Waals surface area contributed by atoms with E-state index >= 15 is 0 Å². The average molecular weight is 221 g/mol. The third-order valence-electron chi connectivity index (χ3n) is 3.54. The van der Waals surface area contributed by atoms with Gasteiger partial charge in [-0.3, -0.25) is 0 Å². The minimum atomic E-state index is -0.207. The van der Waals surface area contributed by atoms with Crippen LogP contribution < -0.4 is 10.5 Å². The third-order valence-corrected chi connectivity index (χ3v) is 3.54. The Hall–Kier alpha value is -1.02. The van der Waals surface area contributed by atoms with E-state index in [9.17, 15) is 0 Å². The maximum Gasteiger partial charge on any atom is 0.122 e. The summed E-state index contributed by atoms with van der Waals surface area (Å²) in [6, 6.07) is 4.25. The fourth-order valence-corrected chi connectivity index (χ4v) is 2.18. The second kappa shape index (κ2) is 4.88. The lowest BCUT2D eigenvalue weighted by Crippen LogP contribution is -2.36. The quantitative estimate of drug-likeness (QED) is 0.846. The molecule has 2 N–H and O–H groups in total. The summed E-state index contributed by atoms with van der Waals surface area (Å²) in [6.45, 7) is 8.45. The monoisotopic (exact) mass is 221 g/mol. The van der Waals surface area contributed by atoms with Crippen molar-refractivity contribution in [3.63, 3.8) is 0 Å². The Morgan fingerprint density at radius 1 is 1.12 bits per heavy atom. The van der Waals surface area contributed by atoms with Crippen LogP contribution in [0.1, 0.15) is 43.4 Å². The Balaban J connectivity index is 3.30. The molecule has 2 heteroatoms.